The SMILES string of the molecule is O=C(NCCSCc1cccs1)c1ccc(-n2cncn2)cc1. The van der Waals surface area contributed by atoms with E-state index in [1.807, 2.05) is 23.9 Å². The largest absolute Gasteiger partial charge is 0.351 e. The van der Waals surface area contributed by atoms with Crippen molar-refractivity contribution in [2.75, 3.05) is 12.3 Å². The number of thioether (sulfide) groups is 1. The summed E-state index contributed by atoms with van der Waals surface area (Å²) >= 11 is 3.59. The van der Waals surface area contributed by atoms with Crippen molar-refractivity contribution in [2.45, 2.75) is 5.75 Å². The number of hydrogen-bond donors (Lipinski definition) is 1. The fourth-order valence-electron chi connectivity index (χ4n) is 2.01. The Kier molecular flexibility index (Phi) is 5.44. The van der Waals surface area contributed by atoms with Crippen molar-refractivity contribution in [1.29, 1.82) is 0 Å². The molecule has 1 amide bonds. The maximum Gasteiger partial charge on any atom is 0.251 e. The minimum Gasteiger partial charge on any atom is -0.351 e. The lowest BCUT2D eigenvalue weighted by atomic mass is 10.2. The lowest BCUT2D eigenvalue weighted by Gasteiger charge is -2.06. The Morgan fingerprint density at radius 1 is 1.26 bits per heavy atom. The van der Waals surface area contributed by atoms with Gasteiger partial charge in [0.15, 0.2) is 0 Å². The molecule has 0 radical (unpaired) electrons. The molecule has 0 aliphatic heterocycles. The number of benzene rings is 1. The lowest BCUT2D eigenvalue weighted by molar-refractivity contribution is 0.0956. The third-order valence-corrected chi connectivity index (χ3v) is 5.24. The number of aromatic nitrogens is 3. The van der Waals surface area contributed by atoms with Gasteiger partial charge < -0.3 is 5.32 Å². The molecule has 23 heavy (non-hydrogen) atoms. The van der Waals surface area contributed by atoms with Gasteiger partial charge in [0.05, 0.1) is 5.69 Å². The van der Waals surface area contributed by atoms with Crippen LogP contribution in [0.2, 0.25) is 0 Å². The second kappa shape index (κ2) is 7.94. The zero-order valence-corrected chi connectivity index (χ0v) is 14.0. The van der Waals surface area contributed by atoms with E-state index in [0.29, 0.717) is 12.1 Å². The lowest BCUT2D eigenvalue weighted by Crippen LogP contribution is -2.25. The normalized spacial score (nSPS) is 10.6. The van der Waals surface area contributed by atoms with E-state index in [1.165, 1.54) is 11.2 Å². The number of amides is 1. The first-order valence-electron chi connectivity index (χ1n) is 7.16. The van der Waals surface area contributed by atoms with Gasteiger partial charge in [0.2, 0.25) is 0 Å². The number of carbonyl (C=O) groups is 1. The molecule has 3 rings (SSSR count). The highest BCUT2D eigenvalue weighted by molar-refractivity contribution is 7.98. The third-order valence-electron chi connectivity index (χ3n) is 3.17. The third kappa shape index (κ3) is 4.43. The minimum absolute atomic E-state index is 0.0492. The summed E-state index contributed by atoms with van der Waals surface area (Å²) in [6, 6.07) is 11.5. The van der Waals surface area contributed by atoms with E-state index in [0.717, 1.165) is 17.2 Å². The van der Waals surface area contributed by atoms with Crippen molar-refractivity contribution in [1.82, 2.24) is 20.1 Å². The maximum atomic E-state index is 12.1. The Hall–Kier alpha value is -2.12. The first kappa shape index (κ1) is 15.8. The Bertz CT molecular complexity index is 724. The van der Waals surface area contributed by atoms with Crippen molar-refractivity contribution in [3.05, 3.63) is 64.9 Å². The van der Waals surface area contributed by atoms with E-state index in [2.05, 4.69) is 32.9 Å². The Labute approximate surface area is 142 Å². The Morgan fingerprint density at radius 2 is 2.13 bits per heavy atom. The Morgan fingerprint density at radius 3 is 2.83 bits per heavy atom. The van der Waals surface area contributed by atoms with Crippen molar-refractivity contribution >= 4 is 29.0 Å². The summed E-state index contributed by atoms with van der Waals surface area (Å²) in [6.45, 7) is 0.666. The van der Waals surface area contributed by atoms with Crippen LogP contribution in [0.5, 0.6) is 0 Å². The predicted octanol–water partition coefficient (Wildman–Crippen LogP) is 2.99. The maximum absolute atomic E-state index is 12.1. The van der Waals surface area contributed by atoms with E-state index in [4.69, 9.17) is 0 Å². The molecule has 3 aromatic rings. The van der Waals surface area contributed by atoms with Crippen LogP contribution in [0.3, 0.4) is 0 Å². The van der Waals surface area contributed by atoms with E-state index in [9.17, 15) is 4.79 Å². The van der Waals surface area contributed by atoms with E-state index >= 15 is 0 Å². The average Bonchev–Trinajstić information content (AvgIpc) is 3.28. The second-order valence-electron chi connectivity index (χ2n) is 4.77. The molecule has 0 bridgehead atoms. The van der Waals surface area contributed by atoms with Crippen LogP contribution in [0.4, 0.5) is 0 Å². The number of nitrogens with one attached hydrogen (secondary N) is 1. The van der Waals surface area contributed by atoms with Gasteiger partial charge in [-0.05, 0) is 35.7 Å². The van der Waals surface area contributed by atoms with Gasteiger partial charge in [-0.15, -0.1) is 11.3 Å². The molecule has 7 heteroatoms. The Balaban J connectivity index is 1.43. The number of carbonyl (C=O) groups excluding carboxylic acids is 1. The fourth-order valence-corrected chi connectivity index (χ4v) is 3.71. The molecule has 2 aromatic heterocycles. The zero-order chi connectivity index (χ0) is 15.9. The minimum atomic E-state index is -0.0492. The van der Waals surface area contributed by atoms with Gasteiger partial charge in [-0.1, -0.05) is 6.07 Å². The standard InChI is InChI=1S/C16H16N4OS2/c21-16(18-7-9-22-10-15-2-1-8-23-15)13-3-5-14(6-4-13)20-12-17-11-19-20/h1-6,8,11-12H,7,9-10H2,(H,18,21). The highest BCUT2D eigenvalue weighted by Crippen LogP contribution is 2.16. The smallest absolute Gasteiger partial charge is 0.251 e. The number of rotatable bonds is 7. The van der Waals surface area contributed by atoms with Crippen LogP contribution in [-0.4, -0.2) is 33.0 Å². The molecule has 1 N–H and O–H groups in total. The molecule has 0 saturated heterocycles. The first-order valence-corrected chi connectivity index (χ1v) is 9.20. The summed E-state index contributed by atoms with van der Waals surface area (Å²) in [5.74, 6) is 1.85. The number of hydrogen-bond acceptors (Lipinski definition) is 5. The zero-order valence-electron chi connectivity index (χ0n) is 12.4. The van der Waals surface area contributed by atoms with E-state index in [1.54, 1.807) is 34.5 Å². The van der Waals surface area contributed by atoms with Gasteiger partial charge in [0.1, 0.15) is 12.7 Å². The molecule has 0 aliphatic rings. The van der Waals surface area contributed by atoms with Gasteiger partial charge in [0.25, 0.3) is 5.91 Å². The van der Waals surface area contributed by atoms with Crippen LogP contribution < -0.4 is 5.32 Å². The molecular weight excluding hydrogens is 328 g/mol. The molecule has 118 valence electrons. The summed E-state index contributed by atoms with van der Waals surface area (Å²) in [4.78, 5) is 17.4. The van der Waals surface area contributed by atoms with Crippen molar-refractivity contribution in [3.8, 4) is 5.69 Å². The molecule has 0 aliphatic carbocycles. The number of thiophene rings is 1. The quantitative estimate of drug-likeness (QED) is 0.670. The van der Waals surface area contributed by atoms with E-state index in [-0.39, 0.29) is 5.91 Å². The molecule has 5 nitrogen and oxygen atoms in total. The predicted molar refractivity (Wildman–Crippen MR) is 94.2 cm³/mol. The van der Waals surface area contributed by atoms with Gasteiger partial charge >= 0.3 is 0 Å². The summed E-state index contributed by atoms with van der Waals surface area (Å²) < 4.78 is 1.66. The first-order chi connectivity index (χ1) is 11.3. The van der Waals surface area contributed by atoms with Crippen LogP contribution in [0.15, 0.2) is 54.4 Å². The van der Waals surface area contributed by atoms with Crippen LogP contribution in [0.1, 0.15) is 15.2 Å². The summed E-state index contributed by atoms with van der Waals surface area (Å²) in [5.41, 5.74) is 1.53. The molecule has 0 saturated carbocycles. The van der Waals surface area contributed by atoms with Crippen LogP contribution in [-0.2, 0) is 5.75 Å². The summed E-state index contributed by atoms with van der Waals surface area (Å²) in [5, 5.41) is 9.08. The summed E-state index contributed by atoms with van der Waals surface area (Å²) in [7, 11) is 0. The van der Waals surface area contributed by atoms with Gasteiger partial charge in [-0.3, -0.25) is 4.79 Å². The van der Waals surface area contributed by atoms with Crippen molar-refractivity contribution in [2.24, 2.45) is 0 Å². The molecule has 0 fully saturated rings. The van der Waals surface area contributed by atoms with Gasteiger partial charge in [-0.25, -0.2) is 9.67 Å². The molecule has 0 unspecified atom stereocenters. The molecule has 1 aromatic carbocycles. The van der Waals surface area contributed by atoms with Crippen LogP contribution in [0, 0.1) is 0 Å². The fraction of sp³-hybridized carbons (Fsp3) is 0.188. The number of nitrogens with zero attached hydrogens (tertiary/aromatic N) is 3. The van der Waals surface area contributed by atoms with Crippen molar-refractivity contribution in [3.63, 3.8) is 0 Å². The second-order valence-corrected chi connectivity index (χ2v) is 6.91. The van der Waals surface area contributed by atoms with E-state index < -0.39 is 0 Å². The monoisotopic (exact) mass is 344 g/mol. The average molecular weight is 344 g/mol. The highest BCUT2D eigenvalue weighted by atomic mass is 32.2. The molecule has 0 spiro atoms. The van der Waals surface area contributed by atoms with Crippen LogP contribution >= 0.6 is 23.1 Å². The molecule has 0 atom stereocenters. The molecular formula is C16H16N4OS2. The molecule has 2 heterocycles. The highest BCUT2D eigenvalue weighted by Gasteiger charge is 2.05. The van der Waals surface area contributed by atoms with Crippen LogP contribution in [0.25, 0.3) is 5.69 Å². The van der Waals surface area contributed by atoms with Gasteiger partial charge in [-0.2, -0.15) is 16.9 Å². The van der Waals surface area contributed by atoms with Gasteiger partial charge in [0, 0.05) is 28.5 Å². The topological polar surface area (TPSA) is 59.8 Å². The van der Waals surface area contributed by atoms with Crippen molar-refractivity contribution < 1.29 is 4.79 Å². The summed E-state index contributed by atoms with van der Waals surface area (Å²) in [6.07, 6.45) is 3.11.